The average molecular weight is 1340 g/mol. The first-order valence-corrected chi connectivity index (χ1v) is 37.7. The maximum Gasteiger partial charge on any atom is 0.0566 e. The highest BCUT2D eigenvalue weighted by molar-refractivity contribution is 5.85. The Morgan fingerprint density at radius 1 is 0.240 bits per heavy atom. The highest BCUT2D eigenvalue weighted by atomic mass is 16.5. The van der Waals surface area contributed by atoms with Crippen molar-refractivity contribution in [3.63, 3.8) is 0 Å². The van der Waals surface area contributed by atoms with Gasteiger partial charge in [-0.3, -0.25) is 0 Å². The minimum Gasteiger partial charge on any atom is -0.381 e. The monoisotopic (exact) mass is 1340 g/mol. The van der Waals surface area contributed by atoms with Gasteiger partial charge >= 0.3 is 0 Å². The molecule has 0 aromatic heterocycles. The van der Waals surface area contributed by atoms with Gasteiger partial charge in [-0.25, -0.2) is 0 Å². The summed E-state index contributed by atoms with van der Waals surface area (Å²) in [5, 5.41) is 0. The Hall–Kier alpha value is -8.06. The highest BCUT2D eigenvalue weighted by Crippen LogP contribution is 2.44. The van der Waals surface area contributed by atoms with Gasteiger partial charge in [0.1, 0.15) is 0 Å². The second-order valence-electron chi connectivity index (χ2n) is 28.6. The summed E-state index contributed by atoms with van der Waals surface area (Å²) in [6.07, 6.45) is 20.6. The second-order valence-corrected chi connectivity index (χ2v) is 28.6. The maximum atomic E-state index is 6.09. The molecule has 524 valence electrons. The maximum absolute atomic E-state index is 6.09. The summed E-state index contributed by atoms with van der Waals surface area (Å²) < 4.78 is 34.8. The molecule has 0 radical (unpaired) electrons. The Morgan fingerprint density at radius 2 is 0.430 bits per heavy atom. The van der Waals surface area contributed by atoms with Crippen LogP contribution in [0.25, 0.3) is 0 Å². The molecule has 12 rings (SSSR count). The van der Waals surface area contributed by atoms with E-state index in [1.807, 2.05) is 0 Å². The van der Waals surface area contributed by atoms with E-state index in [1.54, 1.807) is 0 Å². The predicted octanol–water partition coefficient (Wildman–Crippen LogP) is 23.2. The van der Waals surface area contributed by atoms with E-state index in [4.69, 9.17) is 28.4 Å². The molecule has 0 atom stereocenters. The van der Waals surface area contributed by atoms with Crippen molar-refractivity contribution >= 4 is 68.2 Å². The highest BCUT2D eigenvalue weighted by Gasteiger charge is 2.39. The Bertz CT molecular complexity index is 3370. The molecule has 3 aliphatic heterocycles. The van der Waals surface area contributed by atoms with Crippen molar-refractivity contribution in [2.24, 2.45) is 16.2 Å². The van der Waals surface area contributed by atoms with Gasteiger partial charge in [0.05, 0.1) is 59.5 Å². The van der Waals surface area contributed by atoms with Gasteiger partial charge in [0, 0.05) is 104 Å². The SMILES string of the molecule is CCC1(COCCCCCCc2ccc(N(c3ccccc3)c3ccc(N(c4ccc(N(c5ccccc5)c5ccc(CCCCCCOCC6(CC)COC6)cc5)cc4)c4ccc(N(c5ccccc5)c5ccc(CCCCCCOCC6(CC)COC6)cc5)cc4)cc3)cc2)COC1. The van der Waals surface area contributed by atoms with Crippen molar-refractivity contribution in [1.82, 2.24) is 0 Å². The van der Waals surface area contributed by atoms with Gasteiger partial charge in [-0.2, -0.15) is 0 Å². The van der Waals surface area contributed by atoms with Gasteiger partial charge in [0.25, 0.3) is 0 Å². The van der Waals surface area contributed by atoms with Crippen LogP contribution in [0, 0.1) is 16.2 Å². The van der Waals surface area contributed by atoms with Crippen LogP contribution in [0.2, 0.25) is 0 Å². The number of benzene rings is 9. The summed E-state index contributed by atoms with van der Waals surface area (Å²) in [6.45, 7) is 16.8. The fourth-order valence-electron chi connectivity index (χ4n) is 14.1. The van der Waals surface area contributed by atoms with Crippen LogP contribution >= 0.6 is 0 Å². The van der Waals surface area contributed by atoms with E-state index < -0.39 is 0 Å². The first-order chi connectivity index (χ1) is 49.3. The van der Waals surface area contributed by atoms with E-state index in [0.29, 0.717) is 0 Å². The zero-order chi connectivity index (χ0) is 68.5. The first-order valence-electron chi connectivity index (χ1n) is 37.7. The standard InChI is InChI=1S/C90H108N4O6/c1-4-88(67-98-68-88)64-95-61-25-10-7-16-28-73-37-43-79(44-38-73)91(76-31-19-13-20-32-76)82-49-55-85(56-50-82)94(86-57-51-83(52-58-86)92(77-33-21-14-22-34-77)80-45-39-74(40-46-80)29-17-8-11-26-62-96-65-89(5-2)69-99-70-89)87-59-53-84(54-60-87)93(78-35-23-15-24-36-78)81-47-41-75(42-48-81)30-18-9-12-27-63-97-66-90(6-3)71-100-72-90/h13-15,19-24,31-60H,4-12,16-18,25-30,61-72H2,1-3H3. The van der Waals surface area contributed by atoms with Crippen LogP contribution in [0.1, 0.15) is 134 Å². The van der Waals surface area contributed by atoms with Gasteiger partial charge in [-0.05, 0) is 239 Å². The third-order valence-corrected chi connectivity index (χ3v) is 21.2. The minimum absolute atomic E-state index is 0.253. The summed E-state index contributed by atoms with van der Waals surface area (Å²) in [7, 11) is 0. The molecule has 3 heterocycles. The summed E-state index contributed by atoms with van der Waals surface area (Å²) in [6, 6.07) is 87.2. The summed E-state index contributed by atoms with van der Waals surface area (Å²) in [5.41, 5.74) is 18.0. The van der Waals surface area contributed by atoms with Crippen LogP contribution in [0.15, 0.2) is 237 Å². The molecule has 10 nitrogen and oxygen atoms in total. The van der Waals surface area contributed by atoms with E-state index in [2.05, 4.69) is 277 Å². The van der Waals surface area contributed by atoms with Crippen molar-refractivity contribution < 1.29 is 28.4 Å². The van der Waals surface area contributed by atoms with Gasteiger partial charge in [-0.1, -0.05) is 150 Å². The normalized spacial score (nSPS) is 14.9. The lowest BCUT2D eigenvalue weighted by Gasteiger charge is -2.40. The van der Waals surface area contributed by atoms with Crippen molar-refractivity contribution in [2.45, 2.75) is 136 Å². The molecule has 0 saturated carbocycles. The first kappa shape index (κ1) is 71.8. The lowest BCUT2D eigenvalue weighted by molar-refractivity contribution is -0.150. The molecule has 9 aromatic carbocycles. The lowest BCUT2D eigenvalue weighted by atomic mass is 9.84. The molecule has 100 heavy (non-hydrogen) atoms. The Balaban J connectivity index is 0.764. The summed E-state index contributed by atoms with van der Waals surface area (Å²) in [5.74, 6) is 0. The molecule has 3 fully saturated rings. The van der Waals surface area contributed by atoms with Gasteiger partial charge < -0.3 is 48.0 Å². The molecule has 10 heteroatoms. The number of nitrogens with zero attached hydrogens (tertiary/aromatic N) is 4. The number of hydrogen-bond acceptors (Lipinski definition) is 10. The van der Waals surface area contributed by atoms with Crippen LogP contribution < -0.4 is 19.6 Å². The van der Waals surface area contributed by atoms with Crippen molar-refractivity contribution in [1.29, 1.82) is 0 Å². The molecule has 3 saturated heterocycles. The average Bonchev–Trinajstić information content (AvgIpc) is 0.781. The molecule has 3 aliphatic rings. The lowest BCUT2D eigenvalue weighted by Crippen LogP contribution is -2.45. The fraction of sp³-hybridized carbons (Fsp3) is 0.400. The molecule has 0 spiro atoms. The molecule has 0 aliphatic carbocycles. The number of aryl methyl sites for hydroxylation is 3. The van der Waals surface area contributed by atoms with Crippen LogP contribution in [0.3, 0.4) is 0 Å². The number of anilines is 12. The van der Waals surface area contributed by atoms with Crippen LogP contribution in [0.5, 0.6) is 0 Å². The van der Waals surface area contributed by atoms with E-state index in [1.165, 1.54) is 74.5 Å². The van der Waals surface area contributed by atoms with Crippen LogP contribution in [0.4, 0.5) is 68.2 Å². The van der Waals surface area contributed by atoms with E-state index in [0.717, 1.165) is 205 Å². The van der Waals surface area contributed by atoms with Gasteiger partial charge in [0.2, 0.25) is 0 Å². The third kappa shape index (κ3) is 19.1. The Morgan fingerprint density at radius 3 is 0.620 bits per heavy atom. The topological polar surface area (TPSA) is 68.3 Å². The summed E-state index contributed by atoms with van der Waals surface area (Å²) >= 11 is 0. The smallest absolute Gasteiger partial charge is 0.0566 e. The van der Waals surface area contributed by atoms with Crippen LogP contribution in [-0.2, 0) is 47.7 Å². The van der Waals surface area contributed by atoms with E-state index in [-0.39, 0.29) is 16.2 Å². The number of para-hydroxylation sites is 3. The molecular formula is C90H108N4O6. The molecule has 9 aromatic rings. The van der Waals surface area contributed by atoms with E-state index >= 15 is 0 Å². The van der Waals surface area contributed by atoms with E-state index in [9.17, 15) is 0 Å². The second kappa shape index (κ2) is 36.5. The summed E-state index contributed by atoms with van der Waals surface area (Å²) in [4.78, 5) is 9.50. The van der Waals surface area contributed by atoms with Crippen molar-refractivity contribution in [2.75, 3.05) is 98.9 Å². The van der Waals surface area contributed by atoms with Crippen LogP contribution in [-0.4, -0.2) is 79.3 Å². The van der Waals surface area contributed by atoms with Crippen molar-refractivity contribution in [3.05, 3.63) is 253 Å². The molecule has 0 N–H and O–H groups in total. The third-order valence-electron chi connectivity index (χ3n) is 21.2. The largest absolute Gasteiger partial charge is 0.381 e. The predicted molar refractivity (Wildman–Crippen MR) is 415 cm³/mol. The zero-order valence-corrected chi connectivity index (χ0v) is 60.0. The number of rotatable bonds is 42. The molecule has 0 unspecified atom stereocenters. The number of hydrogen-bond donors (Lipinski definition) is 0. The molecule has 0 bridgehead atoms. The minimum atomic E-state index is 0.253. The Labute approximate surface area is 598 Å². The van der Waals surface area contributed by atoms with Gasteiger partial charge in [0.15, 0.2) is 0 Å². The number of unbranched alkanes of at least 4 members (excludes halogenated alkanes) is 9. The molecule has 0 amide bonds. The quantitative estimate of drug-likeness (QED) is 0.0346. The fourth-order valence-corrected chi connectivity index (χ4v) is 14.1. The number of ether oxygens (including phenoxy) is 6. The van der Waals surface area contributed by atoms with Crippen molar-refractivity contribution in [3.8, 4) is 0 Å². The zero-order valence-electron chi connectivity index (χ0n) is 60.0. The van der Waals surface area contributed by atoms with Gasteiger partial charge in [-0.15, -0.1) is 0 Å². The Kier molecular flexibility index (Phi) is 26.2. The molecular weight excluding hydrogens is 1230 g/mol.